The van der Waals surface area contributed by atoms with Crippen LogP contribution in [0.15, 0.2) is 41.3 Å². The van der Waals surface area contributed by atoms with Crippen molar-refractivity contribution in [1.82, 2.24) is 9.88 Å². The van der Waals surface area contributed by atoms with Gasteiger partial charge in [-0.3, -0.25) is 9.69 Å². The van der Waals surface area contributed by atoms with Gasteiger partial charge in [-0.2, -0.15) is 0 Å². The molecule has 1 saturated heterocycles. The highest BCUT2D eigenvalue weighted by Gasteiger charge is 2.22. The number of aromatic nitrogens is 1. The topological polar surface area (TPSA) is 82.6 Å². The van der Waals surface area contributed by atoms with Gasteiger partial charge in [-0.05, 0) is 43.0 Å². The van der Waals surface area contributed by atoms with E-state index < -0.39 is 5.97 Å². The summed E-state index contributed by atoms with van der Waals surface area (Å²) in [6.07, 6.45) is 3.76. The maximum atomic E-state index is 11.9. The Hall–Kier alpha value is -2.60. The molecule has 0 aliphatic carbocycles. The van der Waals surface area contributed by atoms with Crippen molar-refractivity contribution in [3.63, 3.8) is 0 Å². The van der Waals surface area contributed by atoms with E-state index in [9.17, 15) is 9.59 Å². The van der Waals surface area contributed by atoms with Gasteiger partial charge >= 0.3 is 5.97 Å². The normalized spacial score (nSPS) is 18.0. The standard InChI is InChI=1S/C19H22N2O4/c1-25-18-10-20-16(9-17(18)22)12-21-8-2-3-15(11-21)13-4-6-14(7-5-13)19(23)24/h4-7,9-10,15H,2-3,8,11-12H2,1H3,(H,20,22)(H,23,24)/t15-/m1/s1. The zero-order chi connectivity index (χ0) is 17.8. The molecule has 0 spiro atoms. The predicted octanol–water partition coefficient (Wildman–Crippen LogP) is 2.46. The minimum atomic E-state index is -0.903. The number of nitrogens with one attached hydrogen (secondary N) is 1. The van der Waals surface area contributed by atoms with Crippen LogP contribution in [-0.4, -0.2) is 41.2 Å². The van der Waals surface area contributed by atoms with E-state index in [2.05, 4.69) is 9.88 Å². The monoisotopic (exact) mass is 342 g/mol. The highest BCUT2D eigenvalue weighted by Crippen LogP contribution is 2.27. The maximum Gasteiger partial charge on any atom is 0.335 e. The molecular weight excluding hydrogens is 320 g/mol. The van der Waals surface area contributed by atoms with Gasteiger partial charge in [-0.25, -0.2) is 4.79 Å². The van der Waals surface area contributed by atoms with E-state index >= 15 is 0 Å². The van der Waals surface area contributed by atoms with Gasteiger partial charge in [0, 0.05) is 31.0 Å². The number of nitrogens with zero attached hydrogens (tertiary/aromatic N) is 1. The highest BCUT2D eigenvalue weighted by atomic mass is 16.5. The summed E-state index contributed by atoms with van der Waals surface area (Å²) in [7, 11) is 1.48. The molecule has 0 amide bonds. The van der Waals surface area contributed by atoms with Crippen LogP contribution in [0.4, 0.5) is 0 Å². The first-order valence-electron chi connectivity index (χ1n) is 8.38. The van der Waals surface area contributed by atoms with Crippen LogP contribution in [0.25, 0.3) is 0 Å². The van der Waals surface area contributed by atoms with E-state index in [0.717, 1.165) is 37.2 Å². The van der Waals surface area contributed by atoms with Gasteiger partial charge in [-0.1, -0.05) is 12.1 Å². The van der Waals surface area contributed by atoms with Gasteiger partial charge in [0.25, 0.3) is 0 Å². The van der Waals surface area contributed by atoms with E-state index in [0.29, 0.717) is 23.8 Å². The number of likely N-dealkylation sites (tertiary alicyclic amines) is 1. The summed E-state index contributed by atoms with van der Waals surface area (Å²) in [5.41, 5.74) is 2.23. The molecule has 1 aliphatic rings. The summed E-state index contributed by atoms with van der Waals surface area (Å²) in [5, 5.41) is 9.01. The van der Waals surface area contributed by atoms with Gasteiger partial charge < -0.3 is 14.8 Å². The van der Waals surface area contributed by atoms with Crippen molar-refractivity contribution in [2.45, 2.75) is 25.3 Å². The van der Waals surface area contributed by atoms with Crippen molar-refractivity contribution in [3.05, 3.63) is 63.6 Å². The molecule has 0 saturated carbocycles. The van der Waals surface area contributed by atoms with E-state index in [-0.39, 0.29) is 5.43 Å². The molecule has 1 aromatic heterocycles. The summed E-state index contributed by atoms with van der Waals surface area (Å²) >= 11 is 0. The summed E-state index contributed by atoms with van der Waals surface area (Å²) in [5.74, 6) is -0.208. The molecule has 1 aromatic carbocycles. The molecule has 2 N–H and O–H groups in total. The van der Waals surface area contributed by atoms with Crippen LogP contribution in [0.3, 0.4) is 0 Å². The van der Waals surface area contributed by atoms with Gasteiger partial charge in [0.1, 0.15) is 0 Å². The number of piperidine rings is 1. The third-order valence-electron chi connectivity index (χ3n) is 4.69. The van der Waals surface area contributed by atoms with E-state index in [4.69, 9.17) is 9.84 Å². The lowest BCUT2D eigenvalue weighted by Crippen LogP contribution is -2.34. The van der Waals surface area contributed by atoms with E-state index in [1.54, 1.807) is 24.4 Å². The third-order valence-corrected chi connectivity index (χ3v) is 4.69. The van der Waals surface area contributed by atoms with Gasteiger partial charge in [-0.15, -0.1) is 0 Å². The molecule has 1 atom stereocenters. The number of pyridine rings is 1. The van der Waals surface area contributed by atoms with Crippen LogP contribution in [-0.2, 0) is 6.54 Å². The van der Waals surface area contributed by atoms with E-state index in [1.165, 1.54) is 7.11 Å². The van der Waals surface area contributed by atoms with Crippen LogP contribution in [0.2, 0.25) is 0 Å². The minimum Gasteiger partial charge on any atom is -0.491 e. The SMILES string of the molecule is COc1c[nH]c(CN2CCC[C@@H](c3ccc(C(=O)O)cc3)C2)cc1=O. The number of carboxylic acids is 1. The summed E-state index contributed by atoms with van der Waals surface area (Å²) in [6, 6.07) is 8.74. The Labute approximate surface area is 146 Å². The Balaban J connectivity index is 1.67. The van der Waals surface area contributed by atoms with Crippen LogP contribution in [0.5, 0.6) is 5.75 Å². The largest absolute Gasteiger partial charge is 0.491 e. The number of hydrogen-bond acceptors (Lipinski definition) is 4. The number of hydrogen-bond donors (Lipinski definition) is 2. The Morgan fingerprint density at radius 3 is 2.76 bits per heavy atom. The van der Waals surface area contributed by atoms with Crippen molar-refractivity contribution in [2.75, 3.05) is 20.2 Å². The third kappa shape index (κ3) is 4.09. The second-order valence-corrected chi connectivity index (χ2v) is 6.39. The average molecular weight is 342 g/mol. The van der Waals surface area contributed by atoms with E-state index in [1.807, 2.05) is 12.1 Å². The van der Waals surface area contributed by atoms with Crippen LogP contribution in [0.1, 0.15) is 40.4 Å². The highest BCUT2D eigenvalue weighted by molar-refractivity contribution is 5.87. The quantitative estimate of drug-likeness (QED) is 0.872. The average Bonchev–Trinajstić information content (AvgIpc) is 2.62. The van der Waals surface area contributed by atoms with Crippen LogP contribution >= 0.6 is 0 Å². The Bertz CT molecular complexity index is 798. The predicted molar refractivity (Wildman–Crippen MR) is 94.3 cm³/mol. The lowest BCUT2D eigenvalue weighted by Gasteiger charge is -2.33. The molecule has 2 aromatic rings. The smallest absolute Gasteiger partial charge is 0.335 e. The summed E-state index contributed by atoms with van der Waals surface area (Å²) < 4.78 is 4.99. The van der Waals surface area contributed by atoms with Gasteiger partial charge in [0.15, 0.2) is 5.75 Å². The molecule has 1 fully saturated rings. The number of benzene rings is 1. The molecule has 6 nitrogen and oxygen atoms in total. The number of rotatable bonds is 5. The van der Waals surface area contributed by atoms with Gasteiger partial charge in [0.05, 0.1) is 12.7 Å². The number of ether oxygens (including phenoxy) is 1. The molecule has 132 valence electrons. The Morgan fingerprint density at radius 2 is 2.12 bits per heavy atom. The lowest BCUT2D eigenvalue weighted by atomic mass is 9.90. The molecule has 0 bridgehead atoms. The fourth-order valence-electron chi connectivity index (χ4n) is 3.36. The molecule has 2 heterocycles. The van der Waals surface area contributed by atoms with Crippen LogP contribution < -0.4 is 10.2 Å². The number of methoxy groups -OCH3 is 1. The van der Waals surface area contributed by atoms with Crippen molar-refractivity contribution >= 4 is 5.97 Å². The number of carboxylic acid groups (broad SMARTS) is 1. The first-order valence-corrected chi connectivity index (χ1v) is 8.38. The van der Waals surface area contributed by atoms with Crippen molar-refractivity contribution in [1.29, 1.82) is 0 Å². The molecule has 0 radical (unpaired) electrons. The maximum absolute atomic E-state index is 11.9. The summed E-state index contributed by atoms with van der Waals surface area (Å²) in [6.45, 7) is 2.56. The summed E-state index contributed by atoms with van der Waals surface area (Å²) in [4.78, 5) is 28.3. The molecule has 1 aliphatic heterocycles. The molecule has 3 rings (SSSR count). The molecular formula is C19H22N2O4. The molecule has 6 heteroatoms. The number of aromatic carboxylic acids is 1. The Morgan fingerprint density at radius 1 is 1.36 bits per heavy atom. The zero-order valence-corrected chi connectivity index (χ0v) is 14.2. The molecule has 0 unspecified atom stereocenters. The fraction of sp³-hybridized carbons (Fsp3) is 0.368. The minimum absolute atomic E-state index is 0.117. The second-order valence-electron chi connectivity index (χ2n) is 6.39. The fourth-order valence-corrected chi connectivity index (χ4v) is 3.36. The van der Waals surface area contributed by atoms with Crippen molar-refractivity contribution in [3.8, 4) is 5.75 Å². The first kappa shape index (κ1) is 17.2. The zero-order valence-electron chi connectivity index (χ0n) is 14.2. The lowest BCUT2D eigenvalue weighted by molar-refractivity contribution is 0.0697. The first-order chi connectivity index (χ1) is 12.1. The second kappa shape index (κ2) is 7.53. The Kier molecular flexibility index (Phi) is 5.19. The molecule has 25 heavy (non-hydrogen) atoms. The number of aromatic amines is 1. The van der Waals surface area contributed by atoms with Crippen molar-refractivity contribution in [2.24, 2.45) is 0 Å². The van der Waals surface area contributed by atoms with Crippen molar-refractivity contribution < 1.29 is 14.6 Å². The number of carbonyl (C=O) groups is 1. The van der Waals surface area contributed by atoms with Gasteiger partial charge in [0.2, 0.25) is 5.43 Å². The number of H-pyrrole nitrogens is 1. The van der Waals surface area contributed by atoms with Crippen LogP contribution in [0, 0.1) is 0 Å².